The summed E-state index contributed by atoms with van der Waals surface area (Å²) in [7, 11) is -5.17. The van der Waals surface area contributed by atoms with Crippen molar-refractivity contribution < 1.29 is 135 Å². The van der Waals surface area contributed by atoms with Gasteiger partial charge in [-0.15, -0.1) is 0 Å². The van der Waals surface area contributed by atoms with E-state index in [4.69, 9.17) is 22.4 Å². The maximum atomic E-state index is 8.52. The Morgan fingerprint density at radius 3 is 2.15 bits per heavy atom. The molecule has 110 valence electrons. The molecule has 0 aromatic rings. The van der Waals surface area contributed by atoms with Gasteiger partial charge in [0.25, 0.3) is 0 Å². The van der Waals surface area contributed by atoms with Crippen molar-refractivity contribution >= 4 is 10.4 Å². The summed E-state index contributed by atoms with van der Waals surface area (Å²) in [6.45, 7) is 5.08. The molecule has 0 spiro atoms. The van der Waals surface area contributed by atoms with Gasteiger partial charge in [0.15, 0.2) is 0 Å². The van der Waals surface area contributed by atoms with Gasteiger partial charge in [0.1, 0.15) is 6.10 Å². The van der Waals surface area contributed by atoms with Gasteiger partial charge in [0, 0.05) is 16.8 Å². The first kappa shape index (κ1) is 27.9. The van der Waals surface area contributed by atoms with Gasteiger partial charge in [-0.2, -0.15) is 0 Å². The first-order valence-corrected chi connectivity index (χ1v) is 7.33. The average Bonchev–Trinajstić information content (AvgIpc) is 2.29. The van der Waals surface area contributed by atoms with Crippen LogP contribution in [0.5, 0.6) is 0 Å². The molecule has 0 amide bonds. The third-order valence-corrected chi connectivity index (χ3v) is 2.68. The molecule has 10 heteroatoms. The van der Waals surface area contributed by atoms with Crippen LogP contribution >= 0.6 is 0 Å². The van der Waals surface area contributed by atoms with E-state index in [0.717, 1.165) is 12.8 Å². The Morgan fingerprint density at radius 2 is 1.80 bits per heavy atom. The smallest absolute Gasteiger partial charge is 0.759 e. The summed E-state index contributed by atoms with van der Waals surface area (Å²) in [5, 5.41) is 4.54. The molecule has 1 saturated heterocycles. The zero-order chi connectivity index (χ0) is 14.0. The number of rotatable bonds is 5. The Bertz CT molecular complexity index is 286. The number of unbranched alkanes of at least 4 members (excludes halogenated alkanes) is 1. The first-order chi connectivity index (χ1) is 8.38. The third-order valence-electron chi connectivity index (χ3n) is 2.68. The van der Waals surface area contributed by atoms with Crippen LogP contribution in [0.25, 0.3) is 0 Å². The van der Waals surface area contributed by atoms with E-state index in [1.807, 2.05) is 0 Å². The van der Waals surface area contributed by atoms with Crippen molar-refractivity contribution in [1.82, 2.24) is 0 Å². The van der Waals surface area contributed by atoms with Crippen LogP contribution in [0.4, 0.5) is 0 Å². The second-order valence-electron chi connectivity index (χ2n) is 4.03. The van der Waals surface area contributed by atoms with E-state index in [9.17, 15) is 0 Å². The monoisotopic (exact) mass is 362 g/mol. The molecule has 0 N–H and O–H groups in total. The van der Waals surface area contributed by atoms with Gasteiger partial charge < -0.3 is 9.11 Å². The standard InChI is InChI=1S/C10H20O3.2K.H2O4S/c1-3-5-6-9(4-2)10-7-8-11-13-12-10;;;1-5(2,3)4/h9-10H,3-8H2,1-2H3;;;(H2,1,2,3,4)/q;2*+1;/p-2. The van der Waals surface area contributed by atoms with Crippen LogP contribution < -0.4 is 103 Å². The molecule has 0 aromatic carbocycles. The second-order valence-corrected chi connectivity index (χ2v) is 4.85. The van der Waals surface area contributed by atoms with Crippen LogP contribution in [0.15, 0.2) is 0 Å². The normalized spacial score (nSPS) is 19.7. The minimum absolute atomic E-state index is 0. The van der Waals surface area contributed by atoms with Gasteiger partial charge in [0.2, 0.25) is 0 Å². The van der Waals surface area contributed by atoms with Crippen molar-refractivity contribution in [3.05, 3.63) is 0 Å². The van der Waals surface area contributed by atoms with Crippen LogP contribution in [0.3, 0.4) is 0 Å². The summed E-state index contributed by atoms with van der Waals surface area (Å²) in [6.07, 6.45) is 6.13. The summed E-state index contributed by atoms with van der Waals surface area (Å²) in [5.74, 6) is 0.629. The van der Waals surface area contributed by atoms with E-state index in [0.29, 0.717) is 12.5 Å². The van der Waals surface area contributed by atoms with Gasteiger partial charge in [-0.3, -0.25) is 8.42 Å². The topological polar surface area (TPSA) is 108 Å². The van der Waals surface area contributed by atoms with E-state index in [2.05, 4.69) is 23.8 Å². The minimum atomic E-state index is -5.17. The molecule has 0 bridgehead atoms. The molecule has 7 nitrogen and oxygen atoms in total. The van der Waals surface area contributed by atoms with Crippen LogP contribution in [-0.4, -0.2) is 30.2 Å². The van der Waals surface area contributed by atoms with E-state index in [1.165, 1.54) is 19.3 Å². The molecular formula is C10H20K2O7S. The zero-order valence-corrected chi connectivity index (χ0v) is 19.7. The maximum absolute atomic E-state index is 8.52. The zero-order valence-electron chi connectivity index (χ0n) is 12.7. The van der Waals surface area contributed by atoms with Gasteiger partial charge in [0.05, 0.1) is 6.61 Å². The maximum Gasteiger partial charge on any atom is 1.00 e. The van der Waals surface area contributed by atoms with Gasteiger partial charge in [-0.1, -0.05) is 38.1 Å². The number of hydrogen-bond acceptors (Lipinski definition) is 7. The van der Waals surface area contributed by atoms with Crippen LogP contribution in [0, 0.1) is 5.92 Å². The molecule has 20 heavy (non-hydrogen) atoms. The van der Waals surface area contributed by atoms with Gasteiger partial charge in [-0.05, 0) is 12.3 Å². The fourth-order valence-electron chi connectivity index (χ4n) is 1.76. The molecule has 1 heterocycles. The molecule has 0 saturated carbocycles. The summed E-state index contributed by atoms with van der Waals surface area (Å²) < 4.78 is 34.1. The predicted molar refractivity (Wildman–Crippen MR) is 60.3 cm³/mol. The number of hydrogen-bond donors (Lipinski definition) is 0. The molecule has 1 aliphatic rings. The van der Waals surface area contributed by atoms with E-state index >= 15 is 0 Å². The molecule has 0 radical (unpaired) electrons. The van der Waals surface area contributed by atoms with Crippen LogP contribution in [-0.2, 0) is 25.2 Å². The molecule has 0 aromatic heterocycles. The van der Waals surface area contributed by atoms with Crippen molar-refractivity contribution in [2.24, 2.45) is 5.92 Å². The Balaban J connectivity index is -0.000000361. The fourth-order valence-corrected chi connectivity index (χ4v) is 1.76. The molecule has 1 fully saturated rings. The van der Waals surface area contributed by atoms with Crippen molar-refractivity contribution in [2.75, 3.05) is 6.61 Å². The van der Waals surface area contributed by atoms with Crippen LogP contribution in [0.2, 0.25) is 0 Å². The molecule has 0 aliphatic carbocycles. The van der Waals surface area contributed by atoms with E-state index < -0.39 is 10.4 Å². The summed E-state index contributed by atoms with van der Waals surface area (Å²) >= 11 is 0. The van der Waals surface area contributed by atoms with E-state index in [-0.39, 0.29) is 109 Å². The van der Waals surface area contributed by atoms with Crippen molar-refractivity contribution in [3.63, 3.8) is 0 Å². The molecule has 2 atom stereocenters. The second kappa shape index (κ2) is 16.9. The quantitative estimate of drug-likeness (QED) is 0.210. The summed E-state index contributed by atoms with van der Waals surface area (Å²) in [5.41, 5.74) is 0. The molecule has 1 rings (SSSR count). The Hall–Kier alpha value is 3.02. The average molecular weight is 363 g/mol. The van der Waals surface area contributed by atoms with Crippen molar-refractivity contribution in [3.8, 4) is 0 Å². The van der Waals surface area contributed by atoms with Crippen LogP contribution in [0.1, 0.15) is 46.0 Å². The van der Waals surface area contributed by atoms with Gasteiger partial charge >= 0.3 is 103 Å². The first-order valence-electron chi connectivity index (χ1n) is 6.00. The summed E-state index contributed by atoms with van der Waals surface area (Å²) in [4.78, 5) is 9.78. The SMILES string of the molecule is CCCCC(CC)C1CCOOO1.O=S(=O)([O-])[O-].[K+].[K+]. The molecule has 1 aliphatic heterocycles. The fraction of sp³-hybridized carbons (Fsp3) is 1.00. The van der Waals surface area contributed by atoms with Gasteiger partial charge in [-0.25, -0.2) is 9.78 Å². The Kier molecular flexibility index (Phi) is 23.5. The minimum Gasteiger partial charge on any atom is -0.759 e. The Labute approximate surface area is 206 Å². The molecular weight excluding hydrogens is 342 g/mol. The van der Waals surface area contributed by atoms with Crippen molar-refractivity contribution in [1.29, 1.82) is 0 Å². The van der Waals surface area contributed by atoms with Crippen molar-refractivity contribution in [2.45, 2.75) is 52.1 Å². The van der Waals surface area contributed by atoms with E-state index in [1.54, 1.807) is 0 Å². The third kappa shape index (κ3) is 19.1. The molecule has 2 unspecified atom stereocenters. The largest absolute Gasteiger partial charge is 1.00 e. The summed E-state index contributed by atoms with van der Waals surface area (Å²) in [6, 6.07) is 0. The predicted octanol–water partition coefficient (Wildman–Crippen LogP) is -4.48. The Morgan fingerprint density at radius 1 is 1.25 bits per heavy atom.